The van der Waals surface area contributed by atoms with E-state index >= 15 is 0 Å². The van der Waals surface area contributed by atoms with Gasteiger partial charge >= 0.3 is 6.09 Å². The minimum Gasteiger partial charge on any atom is -0.457 e. The number of cyclic esters (lactones) is 1. The summed E-state index contributed by atoms with van der Waals surface area (Å²) >= 11 is 6.43. The summed E-state index contributed by atoms with van der Waals surface area (Å²) in [7, 11) is 1.76. The maximum absolute atomic E-state index is 11.8. The lowest BCUT2D eigenvalue weighted by Crippen LogP contribution is -2.30. The highest BCUT2D eigenvalue weighted by Gasteiger charge is 2.30. The average molecular weight is 429 g/mol. The molecule has 6 nitrogen and oxygen atoms in total. The lowest BCUT2D eigenvalue weighted by atomic mass is 10.1. The van der Waals surface area contributed by atoms with Crippen LogP contribution in [0.2, 0.25) is 0 Å². The van der Waals surface area contributed by atoms with Gasteiger partial charge in [0.1, 0.15) is 22.4 Å². The first-order valence-corrected chi connectivity index (χ1v) is 10.5. The molecule has 0 saturated carbocycles. The third-order valence-electron chi connectivity index (χ3n) is 4.98. The summed E-state index contributed by atoms with van der Waals surface area (Å²) in [5.74, 6) is 1.44. The summed E-state index contributed by atoms with van der Waals surface area (Å²) in [5, 5.41) is 2.50. The van der Waals surface area contributed by atoms with Crippen molar-refractivity contribution in [3.63, 3.8) is 0 Å². The standard InChI is InChI=1S/C21H20N2O4S2/c1-23-15(12-26-21(23)25)10-13-2-6-16(7-3-13)27-17-8-4-14(5-9-17)11-18-19(24)22-20(28)29-18/h2-9,15,18H,10-12H2,1H3,(H,22,24,28). The molecule has 0 aliphatic carbocycles. The Morgan fingerprint density at radius 2 is 1.66 bits per heavy atom. The van der Waals surface area contributed by atoms with Gasteiger partial charge in [-0.05, 0) is 48.2 Å². The van der Waals surface area contributed by atoms with Crippen molar-refractivity contribution < 1.29 is 19.1 Å². The van der Waals surface area contributed by atoms with Gasteiger partial charge in [0.15, 0.2) is 0 Å². The van der Waals surface area contributed by atoms with Crippen LogP contribution in [0.5, 0.6) is 11.5 Å². The first-order valence-electron chi connectivity index (χ1n) is 9.25. The molecule has 2 atom stereocenters. The minimum atomic E-state index is -0.270. The summed E-state index contributed by atoms with van der Waals surface area (Å²) in [6.07, 6.45) is 1.11. The van der Waals surface area contributed by atoms with Gasteiger partial charge in [0.25, 0.3) is 0 Å². The molecule has 2 aliphatic heterocycles. The molecule has 0 bridgehead atoms. The van der Waals surface area contributed by atoms with Crippen LogP contribution >= 0.6 is 24.0 Å². The quantitative estimate of drug-likeness (QED) is 0.710. The number of ether oxygens (including phenoxy) is 2. The first kappa shape index (κ1) is 19.7. The van der Waals surface area contributed by atoms with Gasteiger partial charge < -0.3 is 19.7 Å². The zero-order valence-corrected chi connectivity index (χ0v) is 17.4. The fraction of sp³-hybridized carbons (Fsp3) is 0.286. The number of nitrogens with one attached hydrogen (secondary N) is 1. The maximum atomic E-state index is 11.8. The van der Waals surface area contributed by atoms with Gasteiger partial charge in [0.2, 0.25) is 5.91 Å². The predicted molar refractivity (Wildman–Crippen MR) is 115 cm³/mol. The molecule has 2 aromatic rings. The number of amides is 2. The Hall–Kier alpha value is -2.58. The second kappa shape index (κ2) is 8.42. The Labute approximate surface area is 178 Å². The van der Waals surface area contributed by atoms with Crippen LogP contribution in [0.25, 0.3) is 0 Å². The van der Waals surface area contributed by atoms with E-state index in [0.29, 0.717) is 17.3 Å². The molecule has 2 aliphatic rings. The molecule has 2 fully saturated rings. The van der Waals surface area contributed by atoms with Crippen molar-refractivity contribution in [2.75, 3.05) is 13.7 Å². The van der Waals surface area contributed by atoms with Crippen LogP contribution in [0.3, 0.4) is 0 Å². The zero-order chi connectivity index (χ0) is 20.4. The van der Waals surface area contributed by atoms with Gasteiger partial charge in [0, 0.05) is 7.05 Å². The van der Waals surface area contributed by atoms with Gasteiger partial charge in [-0.3, -0.25) is 4.79 Å². The van der Waals surface area contributed by atoms with E-state index in [0.717, 1.165) is 29.0 Å². The molecule has 0 aromatic heterocycles. The predicted octanol–water partition coefficient (Wildman–Crippen LogP) is 3.53. The third-order valence-corrected chi connectivity index (χ3v) is 6.35. The Morgan fingerprint density at radius 3 is 2.14 bits per heavy atom. The van der Waals surface area contributed by atoms with Crippen LogP contribution in [-0.2, 0) is 22.4 Å². The van der Waals surface area contributed by atoms with Crippen molar-refractivity contribution in [1.82, 2.24) is 10.2 Å². The second-order valence-corrected chi connectivity index (χ2v) is 8.90. The topological polar surface area (TPSA) is 67.9 Å². The summed E-state index contributed by atoms with van der Waals surface area (Å²) in [5.41, 5.74) is 2.18. The summed E-state index contributed by atoms with van der Waals surface area (Å²) in [4.78, 5) is 24.9. The lowest BCUT2D eigenvalue weighted by Gasteiger charge is -2.16. The Morgan fingerprint density at radius 1 is 1.07 bits per heavy atom. The highest BCUT2D eigenvalue weighted by Crippen LogP contribution is 2.26. The van der Waals surface area contributed by atoms with E-state index in [2.05, 4.69) is 5.32 Å². The van der Waals surface area contributed by atoms with Crippen LogP contribution in [0, 0.1) is 0 Å². The largest absolute Gasteiger partial charge is 0.457 e. The molecular formula is C21H20N2O4S2. The molecule has 2 saturated heterocycles. The van der Waals surface area contributed by atoms with Gasteiger partial charge in [-0.15, -0.1) is 0 Å². The van der Waals surface area contributed by atoms with Crippen LogP contribution in [0.15, 0.2) is 48.5 Å². The number of hydrogen-bond acceptors (Lipinski definition) is 6. The number of nitrogens with zero attached hydrogens (tertiary/aromatic N) is 1. The van der Waals surface area contributed by atoms with Crippen LogP contribution in [0.4, 0.5) is 4.79 Å². The summed E-state index contributed by atoms with van der Waals surface area (Å²) < 4.78 is 11.5. The average Bonchev–Trinajstić information content (AvgIpc) is 3.19. The molecule has 8 heteroatoms. The van der Waals surface area contributed by atoms with Crippen LogP contribution < -0.4 is 10.1 Å². The van der Waals surface area contributed by atoms with E-state index in [1.165, 1.54) is 11.8 Å². The fourth-order valence-corrected chi connectivity index (χ4v) is 4.57. The number of carbonyl (C=O) groups excluding carboxylic acids is 2. The van der Waals surface area contributed by atoms with Crippen molar-refractivity contribution in [3.05, 3.63) is 59.7 Å². The number of thioether (sulfide) groups is 1. The summed E-state index contributed by atoms with van der Waals surface area (Å²) in [6.45, 7) is 0.423. The van der Waals surface area contributed by atoms with E-state index in [9.17, 15) is 9.59 Å². The third kappa shape index (κ3) is 4.71. The van der Waals surface area contributed by atoms with Gasteiger partial charge in [-0.25, -0.2) is 4.79 Å². The number of rotatable bonds is 6. The number of carbonyl (C=O) groups is 2. The molecule has 2 amide bonds. The highest BCUT2D eigenvalue weighted by atomic mass is 32.2. The number of thiocarbonyl (C=S) groups is 1. The SMILES string of the molecule is CN1C(=O)OCC1Cc1ccc(Oc2ccc(CC3SC(=S)NC3=O)cc2)cc1. The molecule has 29 heavy (non-hydrogen) atoms. The van der Waals surface area contributed by atoms with E-state index in [1.807, 2.05) is 48.5 Å². The molecule has 2 heterocycles. The van der Waals surface area contributed by atoms with Gasteiger partial charge in [0.05, 0.1) is 11.3 Å². The minimum absolute atomic E-state index is 0.0276. The van der Waals surface area contributed by atoms with Gasteiger partial charge in [-0.2, -0.15) is 0 Å². The molecule has 2 unspecified atom stereocenters. The van der Waals surface area contributed by atoms with Crippen molar-refractivity contribution in [1.29, 1.82) is 0 Å². The highest BCUT2D eigenvalue weighted by molar-refractivity contribution is 8.24. The van der Waals surface area contributed by atoms with Crippen LogP contribution in [-0.4, -0.2) is 46.2 Å². The Bertz CT molecular complexity index is 931. The van der Waals surface area contributed by atoms with Crippen LogP contribution in [0.1, 0.15) is 11.1 Å². The number of benzene rings is 2. The fourth-order valence-electron chi connectivity index (χ4n) is 3.26. The molecule has 150 valence electrons. The van der Waals surface area contributed by atoms with E-state index in [1.54, 1.807) is 11.9 Å². The normalized spacial score (nSPS) is 21.3. The van der Waals surface area contributed by atoms with Crippen molar-refractivity contribution in [2.45, 2.75) is 24.1 Å². The van der Waals surface area contributed by atoms with E-state index < -0.39 is 0 Å². The second-order valence-electron chi connectivity index (χ2n) is 7.02. The number of hydrogen-bond donors (Lipinski definition) is 1. The summed E-state index contributed by atoms with van der Waals surface area (Å²) in [6, 6.07) is 15.6. The zero-order valence-electron chi connectivity index (χ0n) is 15.8. The van der Waals surface area contributed by atoms with Crippen molar-refractivity contribution in [3.8, 4) is 11.5 Å². The molecule has 0 spiro atoms. The smallest absolute Gasteiger partial charge is 0.409 e. The molecular weight excluding hydrogens is 408 g/mol. The van der Waals surface area contributed by atoms with Crippen molar-refractivity contribution in [2.24, 2.45) is 0 Å². The van der Waals surface area contributed by atoms with E-state index in [-0.39, 0.29) is 23.3 Å². The molecule has 2 aromatic carbocycles. The molecule has 4 rings (SSSR count). The maximum Gasteiger partial charge on any atom is 0.409 e. The van der Waals surface area contributed by atoms with Crippen molar-refractivity contribution >= 4 is 40.3 Å². The first-order chi connectivity index (χ1) is 14.0. The number of likely N-dealkylation sites (N-methyl/N-ethyl adjacent to an activating group) is 1. The Balaban J connectivity index is 1.32. The monoisotopic (exact) mass is 428 g/mol. The van der Waals surface area contributed by atoms with Gasteiger partial charge in [-0.1, -0.05) is 48.2 Å². The van der Waals surface area contributed by atoms with E-state index in [4.69, 9.17) is 21.7 Å². The lowest BCUT2D eigenvalue weighted by molar-refractivity contribution is -0.118. The molecule has 1 N–H and O–H groups in total. The molecule has 0 radical (unpaired) electrons. The Kier molecular flexibility index (Phi) is 5.73.